The van der Waals surface area contributed by atoms with E-state index in [4.69, 9.17) is 9.47 Å². The van der Waals surface area contributed by atoms with E-state index in [0.29, 0.717) is 27.9 Å². The fourth-order valence-corrected chi connectivity index (χ4v) is 6.68. The Bertz CT molecular complexity index is 985. The maximum Gasteiger partial charge on any atom is 0.250 e. The minimum absolute atomic E-state index is 0.0408. The third-order valence-electron chi connectivity index (χ3n) is 5.26. The average molecular weight is 517 g/mol. The zero-order valence-corrected chi connectivity index (χ0v) is 20.0. The van der Waals surface area contributed by atoms with Crippen molar-refractivity contribution in [2.45, 2.75) is 29.9 Å². The highest BCUT2D eigenvalue weighted by molar-refractivity contribution is 9.11. The summed E-state index contributed by atoms with van der Waals surface area (Å²) in [5.74, 6) is 1.29. The van der Waals surface area contributed by atoms with Crippen molar-refractivity contribution >= 4 is 48.9 Å². The number of ether oxygens (including phenoxy) is 2. The minimum atomic E-state index is -3.49. The van der Waals surface area contributed by atoms with Crippen molar-refractivity contribution in [3.63, 3.8) is 0 Å². The molecule has 164 valence electrons. The number of anilines is 1. The molecule has 1 saturated carbocycles. The molecule has 1 aromatic carbocycles. The zero-order chi connectivity index (χ0) is 21.7. The van der Waals surface area contributed by atoms with Crippen LogP contribution in [0.1, 0.15) is 25.7 Å². The van der Waals surface area contributed by atoms with Gasteiger partial charge in [0.1, 0.15) is 15.7 Å². The molecule has 0 spiro atoms. The molecule has 1 fully saturated rings. The summed E-state index contributed by atoms with van der Waals surface area (Å²) >= 11 is 4.47. The molecular formula is C20H25BrN2O5S2. The van der Waals surface area contributed by atoms with Gasteiger partial charge in [-0.25, -0.2) is 13.1 Å². The van der Waals surface area contributed by atoms with Crippen molar-refractivity contribution in [2.24, 2.45) is 11.8 Å². The number of hydrogen-bond acceptors (Lipinski definition) is 6. The summed E-state index contributed by atoms with van der Waals surface area (Å²) in [6.07, 6.45) is 3.05. The predicted octanol–water partition coefficient (Wildman–Crippen LogP) is 4.25. The molecule has 7 nitrogen and oxygen atoms in total. The number of thiophene rings is 1. The number of sulfonamides is 1. The third-order valence-corrected chi connectivity index (χ3v) is 8.80. The van der Waals surface area contributed by atoms with E-state index in [1.807, 2.05) is 0 Å². The molecule has 0 saturated heterocycles. The second-order valence-corrected chi connectivity index (χ2v) is 11.6. The van der Waals surface area contributed by atoms with Crippen LogP contribution in [0.15, 0.2) is 38.3 Å². The van der Waals surface area contributed by atoms with Crippen LogP contribution in [0, 0.1) is 11.8 Å². The lowest BCUT2D eigenvalue weighted by Gasteiger charge is -2.28. The maximum absolute atomic E-state index is 12.7. The Morgan fingerprint density at radius 3 is 2.47 bits per heavy atom. The number of carbonyl (C=O) groups excluding carboxylic acids is 1. The SMILES string of the molecule is COc1ccc(NC(=O)C2CCC(CNS(=O)(=O)c3ccc(Br)s3)CC2)c(OC)c1. The van der Waals surface area contributed by atoms with Crippen LogP contribution in [0.2, 0.25) is 0 Å². The molecule has 0 aliphatic heterocycles. The molecule has 10 heteroatoms. The van der Waals surface area contributed by atoms with Gasteiger partial charge in [-0.1, -0.05) is 0 Å². The summed E-state index contributed by atoms with van der Waals surface area (Å²) in [6.45, 7) is 0.387. The normalized spacial score (nSPS) is 19.3. The number of nitrogens with one attached hydrogen (secondary N) is 2. The number of rotatable bonds is 8. The fourth-order valence-electron chi connectivity index (χ4n) is 3.51. The lowest BCUT2D eigenvalue weighted by atomic mass is 9.81. The lowest BCUT2D eigenvalue weighted by molar-refractivity contribution is -0.121. The summed E-state index contributed by atoms with van der Waals surface area (Å²) in [5, 5.41) is 2.94. The van der Waals surface area contributed by atoms with Gasteiger partial charge in [0.25, 0.3) is 0 Å². The molecule has 1 heterocycles. The van der Waals surface area contributed by atoms with Crippen LogP contribution in [0.3, 0.4) is 0 Å². The quantitative estimate of drug-likeness (QED) is 0.546. The first-order chi connectivity index (χ1) is 14.3. The number of benzene rings is 1. The Morgan fingerprint density at radius 2 is 1.87 bits per heavy atom. The second-order valence-electron chi connectivity index (χ2n) is 7.18. The molecular weight excluding hydrogens is 492 g/mol. The Hall–Kier alpha value is -1.62. The Labute approximate surface area is 189 Å². The molecule has 1 aliphatic carbocycles. The van der Waals surface area contributed by atoms with Gasteiger partial charge >= 0.3 is 0 Å². The molecule has 0 unspecified atom stereocenters. The van der Waals surface area contributed by atoms with Crippen molar-refractivity contribution in [3.05, 3.63) is 34.1 Å². The summed E-state index contributed by atoms with van der Waals surface area (Å²) in [6, 6.07) is 8.57. The zero-order valence-electron chi connectivity index (χ0n) is 16.8. The third kappa shape index (κ3) is 5.75. The molecule has 1 aromatic heterocycles. The summed E-state index contributed by atoms with van der Waals surface area (Å²) in [4.78, 5) is 12.7. The Kier molecular flexibility index (Phi) is 7.78. The highest BCUT2D eigenvalue weighted by Gasteiger charge is 2.28. The molecule has 3 rings (SSSR count). The van der Waals surface area contributed by atoms with Crippen LogP contribution >= 0.6 is 27.3 Å². The van der Waals surface area contributed by atoms with Crippen molar-refractivity contribution in [1.29, 1.82) is 0 Å². The van der Waals surface area contributed by atoms with Crippen LogP contribution in [0.5, 0.6) is 11.5 Å². The maximum atomic E-state index is 12.7. The van der Waals surface area contributed by atoms with Gasteiger partial charge in [-0.15, -0.1) is 11.3 Å². The van der Waals surface area contributed by atoms with Gasteiger partial charge < -0.3 is 14.8 Å². The largest absolute Gasteiger partial charge is 0.497 e. The van der Waals surface area contributed by atoms with Gasteiger partial charge in [0.2, 0.25) is 15.9 Å². The van der Waals surface area contributed by atoms with Crippen LogP contribution in [-0.4, -0.2) is 35.1 Å². The highest BCUT2D eigenvalue weighted by Crippen LogP contribution is 2.33. The number of amides is 1. The molecule has 1 amide bonds. The molecule has 0 atom stereocenters. The van der Waals surface area contributed by atoms with E-state index >= 15 is 0 Å². The van der Waals surface area contributed by atoms with E-state index in [9.17, 15) is 13.2 Å². The van der Waals surface area contributed by atoms with Crippen molar-refractivity contribution in [3.8, 4) is 11.5 Å². The van der Waals surface area contributed by atoms with Crippen molar-refractivity contribution < 1.29 is 22.7 Å². The van der Waals surface area contributed by atoms with E-state index in [2.05, 4.69) is 26.0 Å². The van der Waals surface area contributed by atoms with E-state index in [-0.39, 0.29) is 17.7 Å². The smallest absolute Gasteiger partial charge is 0.250 e. The standard InChI is InChI=1S/C20H25BrN2O5S2/c1-27-15-7-8-16(17(11-15)28-2)23-20(24)14-5-3-13(4-6-14)12-22-30(25,26)19-10-9-18(21)29-19/h7-11,13-14,22H,3-6,12H2,1-2H3,(H,23,24). The van der Waals surface area contributed by atoms with Crippen LogP contribution in [0.4, 0.5) is 5.69 Å². The van der Waals surface area contributed by atoms with Crippen molar-refractivity contribution in [1.82, 2.24) is 4.72 Å². The summed E-state index contributed by atoms with van der Waals surface area (Å²) in [7, 11) is -0.366. The van der Waals surface area contributed by atoms with Gasteiger partial charge in [-0.3, -0.25) is 4.79 Å². The summed E-state index contributed by atoms with van der Waals surface area (Å²) < 4.78 is 39.0. The van der Waals surface area contributed by atoms with Crippen LogP contribution in [-0.2, 0) is 14.8 Å². The number of hydrogen-bond donors (Lipinski definition) is 2. The lowest BCUT2D eigenvalue weighted by Crippen LogP contribution is -2.33. The fraction of sp³-hybridized carbons (Fsp3) is 0.450. The number of methoxy groups -OCH3 is 2. The van der Waals surface area contributed by atoms with Gasteiger partial charge in [0, 0.05) is 18.5 Å². The van der Waals surface area contributed by atoms with E-state index in [1.165, 1.54) is 11.3 Å². The summed E-state index contributed by atoms with van der Waals surface area (Å²) in [5.41, 5.74) is 0.611. The first-order valence-corrected chi connectivity index (χ1v) is 12.7. The van der Waals surface area contributed by atoms with Crippen LogP contribution < -0.4 is 19.5 Å². The molecule has 2 N–H and O–H groups in total. The van der Waals surface area contributed by atoms with Crippen molar-refractivity contribution in [2.75, 3.05) is 26.1 Å². The van der Waals surface area contributed by atoms with Gasteiger partial charge in [0.05, 0.1) is 23.7 Å². The second kappa shape index (κ2) is 10.1. The molecule has 0 radical (unpaired) electrons. The van der Waals surface area contributed by atoms with Gasteiger partial charge in [-0.05, 0) is 71.8 Å². The molecule has 1 aliphatic rings. The average Bonchev–Trinajstić information content (AvgIpc) is 3.20. The van der Waals surface area contributed by atoms with Gasteiger partial charge in [0.15, 0.2) is 0 Å². The Balaban J connectivity index is 1.50. The number of halogens is 1. The Morgan fingerprint density at radius 1 is 1.13 bits per heavy atom. The molecule has 0 bridgehead atoms. The first kappa shape index (κ1) is 23.1. The van der Waals surface area contributed by atoms with Gasteiger partial charge in [-0.2, -0.15) is 0 Å². The minimum Gasteiger partial charge on any atom is -0.497 e. The van der Waals surface area contributed by atoms with E-state index in [1.54, 1.807) is 44.6 Å². The molecule has 2 aromatic rings. The topological polar surface area (TPSA) is 93.7 Å². The first-order valence-electron chi connectivity index (χ1n) is 9.60. The highest BCUT2D eigenvalue weighted by atomic mass is 79.9. The van der Waals surface area contributed by atoms with Crippen LogP contribution in [0.25, 0.3) is 0 Å². The van der Waals surface area contributed by atoms with E-state index < -0.39 is 10.0 Å². The monoisotopic (exact) mass is 516 g/mol. The predicted molar refractivity (Wildman–Crippen MR) is 121 cm³/mol. The number of carbonyl (C=O) groups is 1. The van der Waals surface area contributed by atoms with E-state index in [0.717, 1.165) is 29.5 Å². The molecule has 30 heavy (non-hydrogen) atoms.